The third-order valence-corrected chi connectivity index (χ3v) is 6.37. The van der Waals surface area contributed by atoms with Gasteiger partial charge in [-0.2, -0.15) is 0 Å². The molecule has 1 heterocycles. The van der Waals surface area contributed by atoms with Crippen molar-refractivity contribution >= 4 is 22.0 Å². The van der Waals surface area contributed by atoms with Gasteiger partial charge in [-0.1, -0.05) is 18.2 Å². The highest BCUT2D eigenvalue weighted by molar-refractivity contribution is 7.84. The molecular formula is C23H28FNO4S. The summed E-state index contributed by atoms with van der Waals surface area (Å²) in [6, 6.07) is 12.4. The van der Waals surface area contributed by atoms with Crippen LogP contribution >= 0.6 is 0 Å². The monoisotopic (exact) mass is 433 g/mol. The predicted molar refractivity (Wildman–Crippen MR) is 118 cm³/mol. The fraction of sp³-hybridized carbons (Fsp3) is 0.391. The van der Waals surface area contributed by atoms with Crippen molar-refractivity contribution in [1.82, 2.24) is 4.72 Å². The number of hydrogen-bond acceptors (Lipinski definition) is 4. The second-order valence-electron chi connectivity index (χ2n) is 8.20. The van der Waals surface area contributed by atoms with Crippen LogP contribution in [-0.4, -0.2) is 27.8 Å². The van der Waals surface area contributed by atoms with Crippen LogP contribution in [0.3, 0.4) is 0 Å². The van der Waals surface area contributed by atoms with Crippen molar-refractivity contribution in [2.24, 2.45) is 0 Å². The number of aliphatic hydroxyl groups is 1. The normalized spacial score (nSPS) is 14.2. The first kappa shape index (κ1) is 22.6. The van der Waals surface area contributed by atoms with Crippen molar-refractivity contribution < 1.29 is 22.9 Å². The van der Waals surface area contributed by atoms with Crippen molar-refractivity contribution in [3.8, 4) is 11.1 Å². The average Bonchev–Trinajstić information content (AvgIpc) is 3.13. The van der Waals surface area contributed by atoms with Gasteiger partial charge < -0.3 is 14.3 Å². The van der Waals surface area contributed by atoms with Crippen molar-refractivity contribution in [2.75, 3.05) is 13.8 Å². The van der Waals surface area contributed by atoms with Crippen LogP contribution in [0.5, 0.6) is 0 Å². The van der Waals surface area contributed by atoms with Crippen molar-refractivity contribution in [3.05, 3.63) is 59.4 Å². The fourth-order valence-electron chi connectivity index (χ4n) is 3.21. The van der Waals surface area contributed by atoms with E-state index in [-0.39, 0.29) is 6.61 Å². The second-order valence-corrected chi connectivity index (χ2v) is 10.2. The lowest BCUT2D eigenvalue weighted by Crippen LogP contribution is -2.36. The zero-order chi connectivity index (χ0) is 21.9. The van der Waals surface area contributed by atoms with Gasteiger partial charge >= 0.3 is 0 Å². The molecular weight excluding hydrogens is 405 g/mol. The van der Waals surface area contributed by atoms with Gasteiger partial charge in [0.15, 0.2) is 0 Å². The van der Waals surface area contributed by atoms with Gasteiger partial charge in [0.1, 0.15) is 24.6 Å². The van der Waals surface area contributed by atoms with Crippen LogP contribution in [0, 0.1) is 0 Å². The van der Waals surface area contributed by atoms with E-state index in [9.17, 15) is 13.7 Å². The van der Waals surface area contributed by atoms with Gasteiger partial charge in [-0.25, -0.2) is 13.3 Å². The lowest BCUT2D eigenvalue weighted by molar-refractivity contribution is 0.166. The Balaban J connectivity index is 2.04. The molecule has 0 spiro atoms. The van der Waals surface area contributed by atoms with Gasteiger partial charge in [0, 0.05) is 18.1 Å². The van der Waals surface area contributed by atoms with Gasteiger partial charge in [-0.3, -0.25) is 0 Å². The first-order valence-electron chi connectivity index (χ1n) is 9.76. The number of nitrogens with one attached hydrogen (secondary N) is 1. The third-order valence-electron chi connectivity index (χ3n) is 4.76. The van der Waals surface area contributed by atoms with Crippen LogP contribution in [0.4, 0.5) is 4.39 Å². The zero-order valence-corrected chi connectivity index (χ0v) is 18.5. The molecule has 2 aromatic carbocycles. The Morgan fingerprint density at radius 1 is 1.23 bits per heavy atom. The lowest BCUT2D eigenvalue weighted by Gasteiger charge is -2.23. The standard InChI is InChI=1S/C23H28FNO4S/c1-23(2,3)30(27)25-21(12-24)17-7-5-6-16(10-17)20-9-15(13-26)8-18-11-19(14-28-4)29-22(18)20/h5-11,21,25-26H,12-14H2,1-4H3. The van der Waals surface area contributed by atoms with Crippen LogP contribution in [0.25, 0.3) is 22.1 Å². The molecule has 1 aromatic heterocycles. The van der Waals surface area contributed by atoms with Gasteiger partial charge in [0.05, 0.1) is 28.4 Å². The zero-order valence-electron chi connectivity index (χ0n) is 17.7. The molecule has 0 aliphatic rings. The Kier molecular flexibility index (Phi) is 7.08. The summed E-state index contributed by atoms with van der Waals surface area (Å²) in [6.45, 7) is 5.08. The molecule has 0 aliphatic carbocycles. The first-order valence-corrected chi connectivity index (χ1v) is 10.9. The summed E-state index contributed by atoms with van der Waals surface area (Å²) in [5.74, 6) is 0.684. The van der Waals surface area contributed by atoms with E-state index in [1.54, 1.807) is 7.11 Å². The lowest BCUT2D eigenvalue weighted by atomic mass is 9.97. The molecule has 2 unspecified atom stereocenters. The molecule has 2 atom stereocenters. The van der Waals surface area contributed by atoms with Crippen LogP contribution in [-0.2, 0) is 28.9 Å². The first-order chi connectivity index (χ1) is 14.3. The fourth-order valence-corrected chi connectivity index (χ4v) is 4.02. The molecule has 0 bridgehead atoms. The van der Waals surface area contributed by atoms with Crippen molar-refractivity contribution in [1.29, 1.82) is 0 Å². The van der Waals surface area contributed by atoms with Crippen LogP contribution in [0.2, 0.25) is 0 Å². The number of benzene rings is 2. The van der Waals surface area contributed by atoms with Crippen molar-refractivity contribution in [2.45, 2.75) is 44.8 Å². The number of alkyl halides is 1. The third kappa shape index (κ3) is 4.98. The number of methoxy groups -OCH3 is 1. The molecule has 162 valence electrons. The SMILES string of the molecule is COCc1cc2cc(CO)cc(-c3cccc(C(CF)NS(=O)C(C)(C)C)c3)c2o1. The predicted octanol–water partition coefficient (Wildman–Crippen LogP) is 4.80. The summed E-state index contributed by atoms with van der Waals surface area (Å²) < 4.78 is 39.8. The number of hydrogen-bond donors (Lipinski definition) is 2. The molecule has 0 saturated heterocycles. The maximum atomic E-state index is 13.8. The summed E-state index contributed by atoms with van der Waals surface area (Å²) in [7, 11) is 0.199. The highest BCUT2D eigenvalue weighted by Crippen LogP contribution is 2.34. The molecule has 0 fully saturated rings. The molecule has 0 saturated carbocycles. The molecule has 2 N–H and O–H groups in total. The molecule has 3 aromatic rings. The van der Waals surface area contributed by atoms with E-state index in [1.165, 1.54) is 0 Å². The highest BCUT2D eigenvalue weighted by atomic mass is 32.2. The Labute approximate surface area is 178 Å². The maximum Gasteiger partial charge on any atom is 0.142 e. The topological polar surface area (TPSA) is 71.7 Å². The van der Waals surface area contributed by atoms with Gasteiger partial charge in [-0.05, 0) is 61.7 Å². The van der Waals surface area contributed by atoms with E-state index >= 15 is 0 Å². The van der Waals surface area contributed by atoms with E-state index in [1.807, 2.05) is 63.2 Å². The van der Waals surface area contributed by atoms with E-state index in [0.29, 0.717) is 23.5 Å². The van der Waals surface area contributed by atoms with Gasteiger partial charge in [0.2, 0.25) is 0 Å². The Morgan fingerprint density at radius 2 is 2.00 bits per heavy atom. The summed E-state index contributed by atoms with van der Waals surface area (Å²) in [5, 5.41) is 10.6. The number of halogens is 1. The molecule has 3 rings (SSSR count). The summed E-state index contributed by atoms with van der Waals surface area (Å²) in [5.41, 5.74) is 3.75. The number of furan rings is 1. The highest BCUT2D eigenvalue weighted by Gasteiger charge is 2.24. The van der Waals surface area contributed by atoms with E-state index < -0.39 is 28.4 Å². The number of fused-ring (bicyclic) bond motifs is 1. The Morgan fingerprint density at radius 3 is 2.63 bits per heavy atom. The Hall–Kier alpha value is -2.06. The molecule has 5 nitrogen and oxygen atoms in total. The van der Waals surface area contributed by atoms with Gasteiger partial charge in [0.25, 0.3) is 0 Å². The smallest absolute Gasteiger partial charge is 0.142 e. The number of aliphatic hydroxyl groups excluding tert-OH is 1. The Bertz CT molecular complexity index is 1040. The van der Waals surface area contributed by atoms with Crippen LogP contribution in [0.15, 0.2) is 46.9 Å². The molecule has 0 radical (unpaired) electrons. The number of rotatable bonds is 8. The van der Waals surface area contributed by atoms with Crippen LogP contribution in [0.1, 0.15) is 43.7 Å². The van der Waals surface area contributed by atoms with E-state index in [2.05, 4.69) is 4.72 Å². The largest absolute Gasteiger partial charge is 0.458 e. The average molecular weight is 434 g/mol. The molecule has 7 heteroatoms. The number of ether oxygens (including phenoxy) is 1. The molecule has 30 heavy (non-hydrogen) atoms. The summed E-state index contributed by atoms with van der Waals surface area (Å²) in [6.07, 6.45) is 0. The minimum absolute atomic E-state index is 0.105. The van der Waals surface area contributed by atoms with Crippen molar-refractivity contribution in [3.63, 3.8) is 0 Å². The van der Waals surface area contributed by atoms with Crippen LogP contribution < -0.4 is 4.72 Å². The van der Waals surface area contributed by atoms with E-state index in [4.69, 9.17) is 9.15 Å². The minimum Gasteiger partial charge on any atom is -0.458 e. The quantitative estimate of drug-likeness (QED) is 0.535. The van der Waals surface area contributed by atoms with Gasteiger partial charge in [-0.15, -0.1) is 0 Å². The molecule has 0 amide bonds. The summed E-state index contributed by atoms with van der Waals surface area (Å²) >= 11 is 0. The minimum atomic E-state index is -1.40. The second kappa shape index (κ2) is 9.39. The molecule has 0 aliphatic heterocycles. The maximum absolute atomic E-state index is 13.8. The summed E-state index contributed by atoms with van der Waals surface area (Å²) in [4.78, 5) is 0. The van der Waals surface area contributed by atoms with E-state index in [0.717, 1.165) is 22.1 Å².